The van der Waals surface area contributed by atoms with Gasteiger partial charge in [-0.1, -0.05) is 27.2 Å². The van der Waals surface area contributed by atoms with Crippen LogP contribution in [0.25, 0.3) is 0 Å². The van der Waals surface area contributed by atoms with E-state index in [4.69, 9.17) is 0 Å². The molecule has 1 aliphatic carbocycles. The van der Waals surface area contributed by atoms with E-state index in [1.54, 1.807) is 0 Å². The van der Waals surface area contributed by atoms with E-state index in [1.807, 2.05) is 6.20 Å². The maximum atomic E-state index is 4.38. The molecule has 0 amide bonds. The highest BCUT2D eigenvalue weighted by atomic mass is 15.1. The molecule has 3 atom stereocenters. The van der Waals surface area contributed by atoms with Gasteiger partial charge >= 0.3 is 0 Å². The molecule has 0 bridgehead atoms. The van der Waals surface area contributed by atoms with Crippen LogP contribution in [0.5, 0.6) is 0 Å². The maximum Gasteiger partial charge on any atom is 0.0655 e. The zero-order chi connectivity index (χ0) is 10.8. The van der Waals surface area contributed by atoms with Crippen LogP contribution in [0.2, 0.25) is 0 Å². The molecular weight excluding hydrogens is 184 g/mol. The zero-order valence-electron chi connectivity index (χ0n) is 10.0. The normalized spacial score (nSPS) is 32.1. The van der Waals surface area contributed by atoms with E-state index in [9.17, 15) is 0 Å². The summed E-state index contributed by atoms with van der Waals surface area (Å²) in [7, 11) is 0. The minimum atomic E-state index is 0.681. The monoisotopic (exact) mass is 206 g/mol. The van der Waals surface area contributed by atoms with Gasteiger partial charge in [0.1, 0.15) is 0 Å². The molecule has 0 aliphatic heterocycles. The van der Waals surface area contributed by atoms with Gasteiger partial charge in [-0.25, -0.2) is 0 Å². The maximum absolute atomic E-state index is 4.38. The van der Waals surface area contributed by atoms with E-state index in [0.29, 0.717) is 5.92 Å². The van der Waals surface area contributed by atoms with Crippen molar-refractivity contribution < 1.29 is 0 Å². The Labute approximate surface area is 92.5 Å². The van der Waals surface area contributed by atoms with Gasteiger partial charge in [0.15, 0.2) is 0 Å². The van der Waals surface area contributed by atoms with Gasteiger partial charge in [-0.15, -0.1) is 0 Å². The lowest BCUT2D eigenvalue weighted by Gasteiger charge is -2.36. The Balaban J connectivity index is 2.17. The Morgan fingerprint density at radius 2 is 2.20 bits per heavy atom. The summed E-state index contributed by atoms with van der Waals surface area (Å²) in [5.74, 6) is 3.14. The number of aromatic amines is 1. The first-order valence-corrected chi connectivity index (χ1v) is 6.18. The van der Waals surface area contributed by atoms with Gasteiger partial charge in [0.2, 0.25) is 0 Å². The first-order chi connectivity index (χ1) is 7.18. The Morgan fingerprint density at radius 1 is 1.40 bits per heavy atom. The summed E-state index contributed by atoms with van der Waals surface area (Å²) in [6, 6.07) is 2.15. The molecule has 3 unspecified atom stereocenters. The molecule has 1 aromatic heterocycles. The van der Waals surface area contributed by atoms with E-state index in [0.717, 1.165) is 17.8 Å². The second kappa shape index (κ2) is 4.38. The molecule has 1 heterocycles. The van der Waals surface area contributed by atoms with Crippen molar-refractivity contribution in [2.24, 2.45) is 17.8 Å². The second-order valence-electron chi connectivity index (χ2n) is 5.43. The Bertz CT molecular complexity index is 289. The van der Waals surface area contributed by atoms with E-state index < -0.39 is 0 Å². The lowest BCUT2D eigenvalue weighted by atomic mass is 9.69. The summed E-state index contributed by atoms with van der Waals surface area (Å²) in [6.07, 6.45) is 6.03. The highest BCUT2D eigenvalue weighted by Crippen LogP contribution is 2.43. The first-order valence-electron chi connectivity index (χ1n) is 6.18. The fraction of sp³-hybridized carbons (Fsp3) is 0.769. The lowest BCUT2D eigenvalue weighted by Crippen LogP contribution is -2.26. The Morgan fingerprint density at radius 3 is 2.80 bits per heavy atom. The molecule has 15 heavy (non-hydrogen) atoms. The molecular formula is C13H22N2. The summed E-state index contributed by atoms with van der Waals surface area (Å²) >= 11 is 0. The largest absolute Gasteiger partial charge is 0.285 e. The predicted octanol–water partition coefficient (Wildman–Crippen LogP) is 3.59. The Hall–Kier alpha value is -0.790. The number of hydrogen-bond acceptors (Lipinski definition) is 1. The van der Waals surface area contributed by atoms with Crippen molar-refractivity contribution in [2.75, 3.05) is 0 Å². The minimum absolute atomic E-state index is 0.681. The third-order valence-corrected chi connectivity index (χ3v) is 3.92. The summed E-state index contributed by atoms with van der Waals surface area (Å²) in [4.78, 5) is 0. The SMILES string of the molecule is CC1CCC(C(C)C)C(c2cc[nH]n2)C1. The molecule has 0 spiro atoms. The summed E-state index contributed by atoms with van der Waals surface area (Å²) in [6.45, 7) is 7.07. The van der Waals surface area contributed by atoms with Gasteiger partial charge in [-0.2, -0.15) is 5.10 Å². The van der Waals surface area contributed by atoms with Gasteiger partial charge in [0.05, 0.1) is 5.69 Å². The Kier molecular flexibility index (Phi) is 3.13. The first kappa shape index (κ1) is 10.7. The zero-order valence-corrected chi connectivity index (χ0v) is 10.0. The van der Waals surface area contributed by atoms with Crippen LogP contribution in [-0.4, -0.2) is 10.2 Å². The van der Waals surface area contributed by atoms with E-state index in [2.05, 4.69) is 37.0 Å². The molecule has 0 aromatic carbocycles. The third kappa shape index (κ3) is 2.24. The van der Waals surface area contributed by atoms with Crippen LogP contribution < -0.4 is 0 Å². The van der Waals surface area contributed by atoms with Crippen LogP contribution in [0.1, 0.15) is 51.6 Å². The van der Waals surface area contributed by atoms with Crippen molar-refractivity contribution >= 4 is 0 Å². The van der Waals surface area contributed by atoms with E-state index in [-0.39, 0.29) is 0 Å². The minimum Gasteiger partial charge on any atom is -0.285 e. The molecule has 2 rings (SSSR count). The van der Waals surface area contributed by atoms with Crippen molar-refractivity contribution in [3.63, 3.8) is 0 Å². The fourth-order valence-electron chi connectivity index (χ4n) is 3.02. The molecule has 84 valence electrons. The molecule has 1 aromatic rings. The number of H-pyrrole nitrogens is 1. The van der Waals surface area contributed by atoms with Crippen LogP contribution in [0.15, 0.2) is 12.3 Å². The van der Waals surface area contributed by atoms with Gasteiger partial charge in [0, 0.05) is 12.1 Å². The summed E-state index contributed by atoms with van der Waals surface area (Å²) in [5.41, 5.74) is 1.28. The number of aromatic nitrogens is 2. The third-order valence-electron chi connectivity index (χ3n) is 3.92. The summed E-state index contributed by atoms with van der Waals surface area (Å²) in [5, 5.41) is 7.33. The standard InChI is InChI=1S/C13H22N2/c1-9(2)11-5-4-10(3)8-12(11)13-6-7-14-15-13/h6-7,9-12H,4-5,8H2,1-3H3,(H,14,15). The molecule has 1 N–H and O–H groups in total. The van der Waals surface area contributed by atoms with Gasteiger partial charge in [-0.3, -0.25) is 5.10 Å². The topological polar surface area (TPSA) is 28.7 Å². The van der Waals surface area contributed by atoms with Crippen molar-refractivity contribution in [2.45, 2.75) is 46.0 Å². The second-order valence-corrected chi connectivity index (χ2v) is 5.43. The number of rotatable bonds is 2. The molecule has 1 saturated carbocycles. The van der Waals surface area contributed by atoms with Crippen LogP contribution in [0.3, 0.4) is 0 Å². The number of nitrogens with one attached hydrogen (secondary N) is 1. The van der Waals surface area contributed by atoms with Crippen LogP contribution in [0.4, 0.5) is 0 Å². The van der Waals surface area contributed by atoms with E-state index in [1.165, 1.54) is 25.0 Å². The predicted molar refractivity (Wildman–Crippen MR) is 62.7 cm³/mol. The van der Waals surface area contributed by atoms with Crippen molar-refractivity contribution in [1.29, 1.82) is 0 Å². The highest BCUT2D eigenvalue weighted by molar-refractivity contribution is 5.09. The van der Waals surface area contributed by atoms with Crippen molar-refractivity contribution in [1.82, 2.24) is 10.2 Å². The molecule has 2 heteroatoms. The van der Waals surface area contributed by atoms with Crippen LogP contribution in [0, 0.1) is 17.8 Å². The summed E-state index contributed by atoms with van der Waals surface area (Å²) < 4.78 is 0. The molecule has 2 nitrogen and oxygen atoms in total. The van der Waals surface area contributed by atoms with Gasteiger partial charge in [-0.05, 0) is 36.7 Å². The van der Waals surface area contributed by atoms with E-state index >= 15 is 0 Å². The van der Waals surface area contributed by atoms with Gasteiger partial charge < -0.3 is 0 Å². The van der Waals surface area contributed by atoms with Crippen molar-refractivity contribution in [3.8, 4) is 0 Å². The number of hydrogen-bond donors (Lipinski definition) is 1. The van der Waals surface area contributed by atoms with Crippen LogP contribution >= 0.6 is 0 Å². The smallest absolute Gasteiger partial charge is 0.0655 e. The highest BCUT2D eigenvalue weighted by Gasteiger charge is 2.32. The quantitative estimate of drug-likeness (QED) is 0.787. The average molecular weight is 206 g/mol. The molecule has 1 fully saturated rings. The van der Waals surface area contributed by atoms with Crippen LogP contribution in [-0.2, 0) is 0 Å². The average Bonchev–Trinajstić information content (AvgIpc) is 2.69. The lowest BCUT2D eigenvalue weighted by molar-refractivity contribution is 0.194. The molecule has 0 saturated heterocycles. The molecule has 0 radical (unpaired) electrons. The number of nitrogens with zero attached hydrogens (tertiary/aromatic N) is 1. The van der Waals surface area contributed by atoms with Crippen molar-refractivity contribution in [3.05, 3.63) is 18.0 Å². The fourth-order valence-corrected chi connectivity index (χ4v) is 3.02. The molecule has 1 aliphatic rings. The van der Waals surface area contributed by atoms with Gasteiger partial charge in [0.25, 0.3) is 0 Å².